The summed E-state index contributed by atoms with van der Waals surface area (Å²) in [6, 6.07) is 0. The highest BCUT2D eigenvalue weighted by atomic mass is 79.9. The van der Waals surface area contributed by atoms with Crippen molar-refractivity contribution in [2.45, 2.75) is 62.5 Å². The molecular formula is C11H19BrO3. The molecule has 0 aromatic carbocycles. The molecule has 0 aromatic heterocycles. The molecule has 0 aliphatic heterocycles. The molecule has 1 N–H and O–H groups in total. The second kappa shape index (κ2) is 5.30. The van der Waals surface area contributed by atoms with Gasteiger partial charge in [-0.1, -0.05) is 22.4 Å². The molecule has 0 heterocycles. The van der Waals surface area contributed by atoms with Crippen LogP contribution in [0.2, 0.25) is 0 Å². The first-order valence-electron chi connectivity index (χ1n) is 5.53. The number of aliphatic hydroxyl groups excluding tert-OH is 1. The van der Waals surface area contributed by atoms with E-state index in [0.29, 0.717) is 0 Å². The Hall–Kier alpha value is -0.0900. The molecule has 2 atom stereocenters. The van der Waals surface area contributed by atoms with Crippen molar-refractivity contribution in [1.29, 1.82) is 0 Å². The van der Waals surface area contributed by atoms with Crippen LogP contribution in [0, 0.1) is 0 Å². The van der Waals surface area contributed by atoms with Crippen molar-refractivity contribution in [2.75, 3.05) is 0 Å². The van der Waals surface area contributed by atoms with Crippen LogP contribution in [0.15, 0.2) is 0 Å². The number of hydrogen-bond donors (Lipinski definition) is 1. The quantitative estimate of drug-likeness (QED) is 0.637. The van der Waals surface area contributed by atoms with Gasteiger partial charge in [0.05, 0.1) is 4.83 Å². The van der Waals surface area contributed by atoms with Crippen LogP contribution < -0.4 is 0 Å². The Labute approximate surface area is 99.3 Å². The average Bonchev–Trinajstić information content (AvgIpc) is 2.18. The highest BCUT2D eigenvalue weighted by Crippen LogP contribution is 2.37. The van der Waals surface area contributed by atoms with E-state index < -0.39 is 17.7 Å². The minimum atomic E-state index is -1.03. The van der Waals surface area contributed by atoms with Gasteiger partial charge in [-0.2, -0.15) is 0 Å². The summed E-state index contributed by atoms with van der Waals surface area (Å²) in [4.78, 5) is 11.6. The Bertz CT molecular complexity index is 220. The molecule has 1 aliphatic rings. The number of ether oxygens (including phenoxy) is 1. The fraction of sp³-hybridized carbons (Fsp3) is 0.909. The van der Waals surface area contributed by atoms with Gasteiger partial charge in [-0.15, -0.1) is 0 Å². The van der Waals surface area contributed by atoms with Gasteiger partial charge in [0.2, 0.25) is 0 Å². The fourth-order valence-corrected chi connectivity index (χ4v) is 2.57. The van der Waals surface area contributed by atoms with E-state index in [2.05, 4.69) is 15.9 Å². The lowest BCUT2D eigenvalue weighted by Crippen LogP contribution is -2.45. The van der Waals surface area contributed by atoms with E-state index in [0.717, 1.165) is 25.7 Å². The zero-order chi connectivity index (χ0) is 11.5. The van der Waals surface area contributed by atoms with Gasteiger partial charge in [-0.05, 0) is 39.5 Å². The van der Waals surface area contributed by atoms with Crippen LogP contribution in [0.1, 0.15) is 46.0 Å². The van der Waals surface area contributed by atoms with Gasteiger partial charge >= 0.3 is 5.97 Å². The maximum absolute atomic E-state index is 11.4. The van der Waals surface area contributed by atoms with Crippen molar-refractivity contribution in [3.63, 3.8) is 0 Å². The molecule has 88 valence electrons. The molecule has 0 spiro atoms. The average molecular weight is 279 g/mol. The SMILES string of the molecule is CC(O)C(=O)OC1(C(C)Br)CCCCC1. The molecule has 15 heavy (non-hydrogen) atoms. The summed E-state index contributed by atoms with van der Waals surface area (Å²) in [6.07, 6.45) is 4.12. The van der Waals surface area contributed by atoms with E-state index in [-0.39, 0.29) is 4.83 Å². The number of halogens is 1. The van der Waals surface area contributed by atoms with Gasteiger partial charge < -0.3 is 9.84 Å². The van der Waals surface area contributed by atoms with E-state index in [9.17, 15) is 4.79 Å². The molecule has 1 saturated carbocycles. The van der Waals surface area contributed by atoms with Crippen LogP contribution >= 0.6 is 15.9 Å². The van der Waals surface area contributed by atoms with Crippen molar-refractivity contribution >= 4 is 21.9 Å². The number of rotatable bonds is 3. The number of carbonyl (C=O) groups excluding carboxylic acids is 1. The first-order valence-corrected chi connectivity index (χ1v) is 6.44. The van der Waals surface area contributed by atoms with E-state index in [1.165, 1.54) is 13.3 Å². The van der Waals surface area contributed by atoms with Gasteiger partial charge in [-0.3, -0.25) is 0 Å². The van der Waals surface area contributed by atoms with E-state index in [1.807, 2.05) is 6.92 Å². The van der Waals surface area contributed by atoms with Crippen LogP contribution in [0.3, 0.4) is 0 Å². The van der Waals surface area contributed by atoms with Crippen molar-refractivity contribution in [1.82, 2.24) is 0 Å². The summed E-state index contributed by atoms with van der Waals surface area (Å²) in [7, 11) is 0. The molecule has 2 unspecified atom stereocenters. The monoisotopic (exact) mass is 278 g/mol. The largest absolute Gasteiger partial charge is 0.456 e. The summed E-state index contributed by atoms with van der Waals surface area (Å²) >= 11 is 3.51. The smallest absolute Gasteiger partial charge is 0.335 e. The third-order valence-corrected chi connectivity index (χ3v) is 3.90. The first-order chi connectivity index (χ1) is 6.98. The lowest BCUT2D eigenvalue weighted by Gasteiger charge is -2.39. The highest BCUT2D eigenvalue weighted by molar-refractivity contribution is 9.09. The molecule has 3 nitrogen and oxygen atoms in total. The Morgan fingerprint density at radius 2 is 1.87 bits per heavy atom. The van der Waals surface area contributed by atoms with Gasteiger partial charge in [0, 0.05) is 0 Å². The minimum absolute atomic E-state index is 0.132. The van der Waals surface area contributed by atoms with Crippen LogP contribution in [-0.4, -0.2) is 27.6 Å². The lowest BCUT2D eigenvalue weighted by molar-refractivity contribution is -0.172. The summed E-state index contributed by atoms with van der Waals surface area (Å²) < 4.78 is 5.47. The molecule has 0 saturated heterocycles. The molecule has 0 bridgehead atoms. The van der Waals surface area contributed by atoms with E-state index in [1.54, 1.807) is 0 Å². The molecule has 1 rings (SSSR count). The van der Waals surface area contributed by atoms with Gasteiger partial charge in [0.1, 0.15) is 11.7 Å². The number of aliphatic hydroxyl groups is 1. The predicted molar refractivity (Wildman–Crippen MR) is 62.0 cm³/mol. The zero-order valence-electron chi connectivity index (χ0n) is 9.33. The number of carbonyl (C=O) groups is 1. The van der Waals surface area contributed by atoms with Crippen LogP contribution in [0.4, 0.5) is 0 Å². The Morgan fingerprint density at radius 1 is 1.33 bits per heavy atom. The van der Waals surface area contributed by atoms with Crippen LogP contribution in [0.25, 0.3) is 0 Å². The standard InChI is InChI=1S/C11H19BrO3/c1-8(13)10(14)15-11(9(2)12)6-4-3-5-7-11/h8-9,13H,3-7H2,1-2H3. The van der Waals surface area contributed by atoms with Crippen LogP contribution in [0.5, 0.6) is 0 Å². The normalized spacial score (nSPS) is 24.3. The van der Waals surface area contributed by atoms with Crippen molar-refractivity contribution < 1.29 is 14.6 Å². The molecule has 0 aromatic rings. The predicted octanol–water partition coefficient (Wildman–Crippen LogP) is 2.40. The van der Waals surface area contributed by atoms with Crippen molar-refractivity contribution in [3.8, 4) is 0 Å². The van der Waals surface area contributed by atoms with Crippen molar-refractivity contribution in [3.05, 3.63) is 0 Å². The third-order valence-electron chi connectivity index (χ3n) is 3.07. The highest BCUT2D eigenvalue weighted by Gasteiger charge is 2.40. The molecule has 1 fully saturated rings. The third kappa shape index (κ3) is 3.18. The molecule has 4 heteroatoms. The number of alkyl halides is 1. The van der Waals surface area contributed by atoms with Gasteiger partial charge in [-0.25, -0.2) is 4.79 Å². The Kier molecular flexibility index (Phi) is 4.59. The molecule has 1 aliphatic carbocycles. The second-order valence-electron chi connectivity index (χ2n) is 4.34. The summed E-state index contributed by atoms with van der Waals surface area (Å²) in [6.45, 7) is 3.44. The minimum Gasteiger partial charge on any atom is -0.456 e. The molecule has 0 radical (unpaired) electrons. The van der Waals surface area contributed by atoms with Gasteiger partial charge in [0.25, 0.3) is 0 Å². The Balaban J connectivity index is 2.68. The second-order valence-corrected chi connectivity index (χ2v) is 5.71. The zero-order valence-corrected chi connectivity index (χ0v) is 10.9. The molecule has 0 amide bonds. The summed E-state index contributed by atoms with van der Waals surface area (Å²) in [5.41, 5.74) is -0.410. The van der Waals surface area contributed by atoms with E-state index in [4.69, 9.17) is 9.84 Å². The van der Waals surface area contributed by atoms with Crippen molar-refractivity contribution in [2.24, 2.45) is 0 Å². The van der Waals surface area contributed by atoms with Crippen LogP contribution in [-0.2, 0) is 9.53 Å². The summed E-state index contributed by atoms with van der Waals surface area (Å²) in [5.74, 6) is -0.511. The maximum Gasteiger partial charge on any atom is 0.335 e. The lowest BCUT2D eigenvalue weighted by atomic mass is 9.82. The molecular weight excluding hydrogens is 260 g/mol. The van der Waals surface area contributed by atoms with E-state index >= 15 is 0 Å². The fourth-order valence-electron chi connectivity index (χ4n) is 2.02. The van der Waals surface area contributed by atoms with Gasteiger partial charge in [0.15, 0.2) is 0 Å². The summed E-state index contributed by atoms with van der Waals surface area (Å²) in [5, 5.41) is 9.16. The first kappa shape index (κ1) is 13.0. The topological polar surface area (TPSA) is 46.5 Å². The number of esters is 1. The Morgan fingerprint density at radius 3 is 2.27 bits per heavy atom. The maximum atomic E-state index is 11.4. The number of hydrogen-bond acceptors (Lipinski definition) is 3.